The number of unbranched alkanes of at least 4 members (excludes halogenated alkanes) is 1. The molecule has 19 heavy (non-hydrogen) atoms. The molecule has 0 aliphatic rings. The minimum Gasteiger partial charge on any atom is -0.192 e. The molecule has 0 aliphatic heterocycles. The van der Waals surface area contributed by atoms with Crippen molar-refractivity contribution in [2.75, 3.05) is 0 Å². The topological polar surface area (TPSA) is 23.8 Å². The zero-order valence-corrected chi connectivity index (χ0v) is 11.4. The summed E-state index contributed by atoms with van der Waals surface area (Å²) in [7, 11) is 0. The maximum atomic E-state index is 8.77. The van der Waals surface area contributed by atoms with Crippen molar-refractivity contribution in [2.24, 2.45) is 0 Å². The fourth-order valence-corrected chi connectivity index (χ4v) is 2.14. The molecule has 0 saturated carbocycles. The van der Waals surface area contributed by atoms with Gasteiger partial charge in [0.25, 0.3) is 0 Å². The predicted molar refractivity (Wildman–Crippen MR) is 79.0 cm³/mol. The van der Waals surface area contributed by atoms with E-state index in [0.717, 1.165) is 12.0 Å². The maximum absolute atomic E-state index is 8.77. The Morgan fingerprint density at radius 2 is 1.37 bits per heavy atom. The van der Waals surface area contributed by atoms with Crippen LogP contribution in [0.1, 0.15) is 42.0 Å². The van der Waals surface area contributed by atoms with E-state index in [0.29, 0.717) is 0 Å². The van der Waals surface area contributed by atoms with E-state index < -0.39 is 0 Å². The molecule has 0 amide bonds. The normalized spacial score (nSPS) is 10.1. The van der Waals surface area contributed by atoms with Gasteiger partial charge in [-0.1, -0.05) is 49.7 Å². The van der Waals surface area contributed by atoms with Crippen LogP contribution in [0.5, 0.6) is 0 Å². The largest absolute Gasteiger partial charge is 0.192 e. The van der Waals surface area contributed by atoms with E-state index in [9.17, 15) is 0 Å². The Kier molecular flexibility index (Phi) is 4.75. The highest BCUT2D eigenvalue weighted by molar-refractivity contribution is 5.34. The molecule has 0 aromatic heterocycles. The lowest BCUT2D eigenvalue weighted by atomic mass is 10.0. The van der Waals surface area contributed by atoms with Gasteiger partial charge in [0.2, 0.25) is 0 Å². The van der Waals surface area contributed by atoms with Gasteiger partial charge in [0.05, 0.1) is 11.6 Å². The highest BCUT2D eigenvalue weighted by Gasteiger charge is 1.98. The van der Waals surface area contributed by atoms with Gasteiger partial charge < -0.3 is 0 Å². The van der Waals surface area contributed by atoms with Gasteiger partial charge in [-0.2, -0.15) is 5.26 Å². The van der Waals surface area contributed by atoms with Gasteiger partial charge in [0.1, 0.15) is 0 Å². The summed E-state index contributed by atoms with van der Waals surface area (Å²) in [4.78, 5) is 0. The summed E-state index contributed by atoms with van der Waals surface area (Å²) >= 11 is 0. The van der Waals surface area contributed by atoms with Crippen LogP contribution in [0.3, 0.4) is 0 Å². The fourth-order valence-electron chi connectivity index (χ4n) is 2.14. The minimum absolute atomic E-state index is 0.721. The Labute approximate surface area is 115 Å². The van der Waals surface area contributed by atoms with Crippen LogP contribution < -0.4 is 0 Å². The summed E-state index contributed by atoms with van der Waals surface area (Å²) in [6, 6.07) is 18.9. The first-order chi connectivity index (χ1) is 9.31. The van der Waals surface area contributed by atoms with Crippen molar-refractivity contribution in [1.29, 1.82) is 5.26 Å². The Morgan fingerprint density at radius 1 is 0.842 bits per heavy atom. The molecule has 0 bridgehead atoms. The first-order valence-electron chi connectivity index (χ1n) is 6.88. The third-order valence-electron chi connectivity index (χ3n) is 3.33. The SMILES string of the molecule is CCCCc1ccc(Cc2ccc(C#N)cc2)cc1. The molecular formula is C18H19N. The Balaban J connectivity index is 2.00. The average molecular weight is 249 g/mol. The van der Waals surface area contributed by atoms with Gasteiger partial charge in [-0.25, -0.2) is 0 Å². The second kappa shape index (κ2) is 6.75. The van der Waals surface area contributed by atoms with Crippen LogP contribution in [-0.4, -0.2) is 0 Å². The van der Waals surface area contributed by atoms with E-state index in [-0.39, 0.29) is 0 Å². The van der Waals surface area contributed by atoms with E-state index in [1.54, 1.807) is 0 Å². The lowest BCUT2D eigenvalue weighted by Crippen LogP contribution is -1.90. The molecule has 2 aromatic carbocycles. The van der Waals surface area contributed by atoms with Crippen LogP contribution in [0.25, 0.3) is 0 Å². The smallest absolute Gasteiger partial charge is 0.0991 e. The number of hydrogen-bond acceptors (Lipinski definition) is 1. The number of nitrogens with zero attached hydrogens (tertiary/aromatic N) is 1. The molecular weight excluding hydrogens is 230 g/mol. The molecule has 2 rings (SSSR count). The van der Waals surface area contributed by atoms with Crippen molar-refractivity contribution in [3.05, 3.63) is 70.8 Å². The predicted octanol–water partition coefficient (Wildman–Crippen LogP) is 4.49. The standard InChI is InChI=1S/C18H19N/c1-2-3-4-15-5-7-16(8-6-15)13-17-9-11-18(14-19)12-10-17/h5-12H,2-4,13H2,1H3. The van der Waals surface area contributed by atoms with Crippen molar-refractivity contribution in [2.45, 2.75) is 32.6 Å². The van der Waals surface area contributed by atoms with Gasteiger partial charge in [0.15, 0.2) is 0 Å². The summed E-state index contributed by atoms with van der Waals surface area (Å²) in [5, 5.41) is 8.77. The van der Waals surface area contributed by atoms with Crippen molar-refractivity contribution >= 4 is 0 Å². The average Bonchev–Trinajstić information content (AvgIpc) is 2.47. The molecule has 96 valence electrons. The summed E-state index contributed by atoms with van der Waals surface area (Å²) in [6.07, 6.45) is 4.61. The molecule has 0 heterocycles. The second-order valence-electron chi connectivity index (χ2n) is 4.91. The van der Waals surface area contributed by atoms with Gasteiger partial charge in [-0.05, 0) is 48.1 Å². The Morgan fingerprint density at radius 3 is 1.89 bits per heavy atom. The molecule has 0 saturated heterocycles. The zero-order chi connectivity index (χ0) is 13.5. The molecule has 0 atom stereocenters. The van der Waals surface area contributed by atoms with Gasteiger partial charge in [-0.15, -0.1) is 0 Å². The van der Waals surface area contributed by atoms with Gasteiger partial charge in [0, 0.05) is 0 Å². The molecule has 2 aromatic rings. The van der Waals surface area contributed by atoms with Crippen LogP contribution in [0.4, 0.5) is 0 Å². The molecule has 0 spiro atoms. The molecule has 0 aliphatic carbocycles. The van der Waals surface area contributed by atoms with Crippen molar-refractivity contribution < 1.29 is 0 Å². The summed E-state index contributed by atoms with van der Waals surface area (Å²) in [5.74, 6) is 0. The Bertz CT molecular complexity index is 544. The Hall–Kier alpha value is -2.07. The third-order valence-corrected chi connectivity index (χ3v) is 3.33. The van der Waals surface area contributed by atoms with Crippen LogP contribution >= 0.6 is 0 Å². The van der Waals surface area contributed by atoms with E-state index in [1.807, 2.05) is 24.3 Å². The highest BCUT2D eigenvalue weighted by Crippen LogP contribution is 2.13. The number of hydrogen-bond donors (Lipinski definition) is 0. The minimum atomic E-state index is 0.721. The number of rotatable bonds is 5. The van der Waals surface area contributed by atoms with Crippen molar-refractivity contribution in [3.8, 4) is 6.07 Å². The molecule has 0 fully saturated rings. The monoisotopic (exact) mass is 249 g/mol. The lowest BCUT2D eigenvalue weighted by molar-refractivity contribution is 0.795. The molecule has 1 heteroatoms. The van der Waals surface area contributed by atoms with Crippen LogP contribution in [0.15, 0.2) is 48.5 Å². The number of nitriles is 1. The van der Waals surface area contributed by atoms with Gasteiger partial charge >= 0.3 is 0 Å². The van der Waals surface area contributed by atoms with Crippen LogP contribution in [0.2, 0.25) is 0 Å². The molecule has 0 unspecified atom stereocenters. The quantitative estimate of drug-likeness (QED) is 0.765. The fraction of sp³-hybridized carbons (Fsp3) is 0.278. The van der Waals surface area contributed by atoms with E-state index in [1.165, 1.54) is 36.0 Å². The zero-order valence-electron chi connectivity index (χ0n) is 11.4. The van der Waals surface area contributed by atoms with E-state index in [2.05, 4.69) is 37.3 Å². The van der Waals surface area contributed by atoms with E-state index >= 15 is 0 Å². The highest BCUT2D eigenvalue weighted by atomic mass is 14.2. The first-order valence-corrected chi connectivity index (χ1v) is 6.88. The van der Waals surface area contributed by atoms with E-state index in [4.69, 9.17) is 5.26 Å². The van der Waals surface area contributed by atoms with Gasteiger partial charge in [-0.3, -0.25) is 0 Å². The lowest BCUT2D eigenvalue weighted by Gasteiger charge is -2.04. The summed E-state index contributed by atoms with van der Waals surface area (Å²) in [5.41, 5.74) is 4.72. The number of benzene rings is 2. The number of aryl methyl sites for hydroxylation is 1. The summed E-state index contributed by atoms with van der Waals surface area (Å²) < 4.78 is 0. The first kappa shape index (κ1) is 13.4. The van der Waals surface area contributed by atoms with Crippen molar-refractivity contribution in [3.63, 3.8) is 0 Å². The van der Waals surface area contributed by atoms with Crippen LogP contribution in [0, 0.1) is 11.3 Å². The molecule has 1 nitrogen and oxygen atoms in total. The molecule has 0 radical (unpaired) electrons. The summed E-state index contributed by atoms with van der Waals surface area (Å²) in [6.45, 7) is 2.22. The van der Waals surface area contributed by atoms with Crippen molar-refractivity contribution in [1.82, 2.24) is 0 Å². The van der Waals surface area contributed by atoms with Crippen LogP contribution in [-0.2, 0) is 12.8 Å². The molecule has 0 N–H and O–H groups in total. The third kappa shape index (κ3) is 3.96. The maximum Gasteiger partial charge on any atom is 0.0991 e. The second-order valence-corrected chi connectivity index (χ2v) is 4.91.